The highest BCUT2D eigenvalue weighted by Gasteiger charge is 2.19. The molecular formula is C32H41N7O4. The summed E-state index contributed by atoms with van der Waals surface area (Å²) in [5, 5.41) is 0. The Balaban J connectivity index is 1.20. The summed E-state index contributed by atoms with van der Waals surface area (Å²) in [5.74, 6) is 2.43. The molecule has 0 amide bonds. The highest BCUT2D eigenvalue weighted by Crippen LogP contribution is 2.34. The Labute approximate surface area is 252 Å². The van der Waals surface area contributed by atoms with Gasteiger partial charge in [0.05, 0.1) is 63.1 Å². The molecule has 0 aliphatic carbocycles. The van der Waals surface area contributed by atoms with Crippen molar-refractivity contribution in [1.29, 1.82) is 0 Å². The maximum atomic E-state index is 6.43. The van der Waals surface area contributed by atoms with Gasteiger partial charge in [-0.05, 0) is 43.2 Å². The zero-order chi connectivity index (χ0) is 29.4. The Hall–Kier alpha value is -3.77. The molecule has 2 aromatic carbocycles. The number of aryl methyl sites for hydroxylation is 1. The van der Waals surface area contributed by atoms with Crippen LogP contribution in [0.25, 0.3) is 33.8 Å². The molecular weight excluding hydrogens is 546 g/mol. The average Bonchev–Trinajstić information content (AvgIpc) is 3.42. The lowest BCUT2D eigenvalue weighted by molar-refractivity contribution is 0.0357. The Bertz CT molecular complexity index is 1500. The zero-order valence-electron chi connectivity index (χ0n) is 24.9. The smallest absolute Gasteiger partial charge is 0.163 e. The predicted octanol–water partition coefficient (Wildman–Crippen LogP) is 3.57. The van der Waals surface area contributed by atoms with Crippen molar-refractivity contribution in [3.8, 4) is 34.3 Å². The number of benzene rings is 2. The van der Waals surface area contributed by atoms with E-state index < -0.39 is 0 Å². The summed E-state index contributed by atoms with van der Waals surface area (Å²) >= 11 is 0. The molecule has 4 heterocycles. The van der Waals surface area contributed by atoms with Gasteiger partial charge in [0, 0.05) is 51.4 Å². The van der Waals surface area contributed by atoms with Crippen molar-refractivity contribution >= 4 is 16.9 Å². The molecule has 6 rings (SSSR count). The van der Waals surface area contributed by atoms with Gasteiger partial charge in [0.25, 0.3) is 0 Å². The molecule has 0 atom stereocenters. The van der Waals surface area contributed by atoms with Crippen LogP contribution in [0, 0.1) is 0 Å². The number of ether oxygens (including phenoxy) is 4. The van der Waals surface area contributed by atoms with Gasteiger partial charge < -0.3 is 29.2 Å². The molecule has 11 nitrogen and oxygen atoms in total. The van der Waals surface area contributed by atoms with Gasteiger partial charge >= 0.3 is 0 Å². The normalized spacial score (nSPS) is 16.5. The first-order chi connectivity index (χ1) is 21.2. The molecule has 0 saturated carbocycles. The number of nitrogens with two attached hydrogens (primary N) is 1. The van der Waals surface area contributed by atoms with Crippen LogP contribution in [0.3, 0.4) is 0 Å². The number of hydrogen-bond donors (Lipinski definition) is 1. The highest BCUT2D eigenvalue weighted by molar-refractivity contribution is 5.82. The Kier molecular flexibility index (Phi) is 9.63. The molecule has 2 N–H and O–H groups in total. The number of anilines is 1. The van der Waals surface area contributed by atoms with E-state index in [1.165, 1.54) is 0 Å². The summed E-state index contributed by atoms with van der Waals surface area (Å²) in [7, 11) is 1.65. The van der Waals surface area contributed by atoms with E-state index in [2.05, 4.69) is 25.4 Å². The van der Waals surface area contributed by atoms with E-state index in [-0.39, 0.29) is 0 Å². The molecule has 2 aliphatic heterocycles. The van der Waals surface area contributed by atoms with Crippen molar-refractivity contribution in [2.75, 3.05) is 85.1 Å². The van der Waals surface area contributed by atoms with Crippen molar-refractivity contribution in [1.82, 2.24) is 29.3 Å². The lowest BCUT2D eigenvalue weighted by atomic mass is 10.1. The Morgan fingerprint density at radius 1 is 0.837 bits per heavy atom. The second kappa shape index (κ2) is 14.1. The van der Waals surface area contributed by atoms with Gasteiger partial charge in [-0.15, -0.1) is 0 Å². The number of methoxy groups -OCH3 is 1. The van der Waals surface area contributed by atoms with Crippen LogP contribution >= 0.6 is 0 Å². The van der Waals surface area contributed by atoms with Crippen molar-refractivity contribution in [2.45, 2.75) is 19.4 Å². The first-order valence-corrected chi connectivity index (χ1v) is 15.2. The lowest BCUT2D eigenvalue weighted by Gasteiger charge is -2.26. The van der Waals surface area contributed by atoms with Crippen LogP contribution in [0.5, 0.6) is 11.5 Å². The van der Waals surface area contributed by atoms with E-state index in [1.54, 1.807) is 13.3 Å². The van der Waals surface area contributed by atoms with E-state index in [0.29, 0.717) is 35.3 Å². The van der Waals surface area contributed by atoms with Crippen molar-refractivity contribution in [3.63, 3.8) is 0 Å². The number of nitrogen functional groups attached to an aromatic ring is 1. The molecule has 228 valence electrons. The third-order valence-electron chi connectivity index (χ3n) is 8.07. The van der Waals surface area contributed by atoms with Crippen LogP contribution in [0.2, 0.25) is 0 Å². The van der Waals surface area contributed by atoms with E-state index in [9.17, 15) is 0 Å². The van der Waals surface area contributed by atoms with Gasteiger partial charge in [-0.2, -0.15) is 0 Å². The molecule has 11 heteroatoms. The number of aromatic nitrogens is 4. The number of morpholine rings is 2. The molecule has 2 aromatic heterocycles. The van der Waals surface area contributed by atoms with E-state index in [1.807, 2.05) is 36.4 Å². The summed E-state index contributed by atoms with van der Waals surface area (Å²) < 4.78 is 24.9. The van der Waals surface area contributed by atoms with Gasteiger partial charge in [0.1, 0.15) is 5.69 Å². The van der Waals surface area contributed by atoms with Gasteiger partial charge in [-0.3, -0.25) is 9.80 Å². The second-order valence-electron chi connectivity index (χ2n) is 10.9. The molecule has 0 unspecified atom stereocenters. The van der Waals surface area contributed by atoms with Crippen LogP contribution in [0.1, 0.15) is 12.8 Å². The van der Waals surface area contributed by atoms with Gasteiger partial charge in [0.15, 0.2) is 23.1 Å². The fourth-order valence-corrected chi connectivity index (χ4v) is 5.70. The van der Waals surface area contributed by atoms with E-state index in [4.69, 9.17) is 34.6 Å². The molecule has 2 fully saturated rings. The molecule has 0 spiro atoms. The quantitative estimate of drug-likeness (QED) is 0.247. The van der Waals surface area contributed by atoms with E-state index in [0.717, 1.165) is 108 Å². The SMILES string of the molecule is COc1cc(-c2cnc(N)c(-c3nc4ccccc4n3CCCN3CCOCC3)n2)ccc1OCCCN1CCOCC1. The average molecular weight is 588 g/mol. The molecule has 0 bridgehead atoms. The van der Waals surface area contributed by atoms with E-state index >= 15 is 0 Å². The number of hydrogen-bond acceptors (Lipinski definition) is 10. The third kappa shape index (κ3) is 7.07. The van der Waals surface area contributed by atoms with Gasteiger partial charge in [-0.25, -0.2) is 15.0 Å². The van der Waals surface area contributed by atoms with Gasteiger partial charge in [0.2, 0.25) is 0 Å². The van der Waals surface area contributed by atoms with Crippen molar-refractivity contribution in [3.05, 3.63) is 48.7 Å². The van der Waals surface area contributed by atoms with Crippen molar-refractivity contribution < 1.29 is 18.9 Å². The van der Waals surface area contributed by atoms with Crippen LogP contribution in [0.4, 0.5) is 5.82 Å². The minimum atomic E-state index is 0.348. The zero-order valence-corrected chi connectivity index (χ0v) is 24.9. The summed E-state index contributed by atoms with van der Waals surface area (Å²) in [4.78, 5) is 19.3. The first-order valence-electron chi connectivity index (χ1n) is 15.2. The number of nitrogens with zero attached hydrogens (tertiary/aromatic N) is 6. The number of rotatable bonds is 12. The fraction of sp³-hybridized carbons (Fsp3) is 0.469. The number of fused-ring (bicyclic) bond motifs is 1. The minimum absolute atomic E-state index is 0.348. The topological polar surface area (TPSA) is 113 Å². The molecule has 2 aliphatic rings. The molecule has 43 heavy (non-hydrogen) atoms. The molecule has 0 radical (unpaired) electrons. The van der Waals surface area contributed by atoms with Crippen LogP contribution in [-0.4, -0.2) is 109 Å². The van der Waals surface area contributed by atoms with Crippen LogP contribution in [0.15, 0.2) is 48.7 Å². The standard InChI is InChI=1S/C32H41N7O4/c1-40-29-22-24(8-9-28(29)43-17-5-11-38-15-20-42-21-16-38)26-23-34-31(33)30(35-26)32-36-25-6-2-3-7-27(25)39(32)12-4-10-37-13-18-41-19-14-37/h2-3,6-9,22-23H,4-5,10-21H2,1H3,(H2,33,34). The molecule has 4 aromatic rings. The lowest BCUT2D eigenvalue weighted by Crippen LogP contribution is -2.37. The molecule has 2 saturated heterocycles. The fourth-order valence-electron chi connectivity index (χ4n) is 5.70. The van der Waals surface area contributed by atoms with Gasteiger partial charge in [-0.1, -0.05) is 12.1 Å². The number of imidazole rings is 1. The largest absolute Gasteiger partial charge is 0.493 e. The maximum Gasteiger partial charge on any atom is 0.163 e. The predicted molar refractivity (Wildman–Crippen MR) is 166 cm³/mol. The summed E-state index contributed by atoms with van der Waals surface area (Å²) in [6.07, 6.45) is 3.61. The summed E-state index contributed by atoms with van der Waals surface area (Å²) in [6, 6.07) is 14.0. The minimum Gasteiger partial charge on any atom is -0.493 e. The summed E-state index contributed by atoms with van der Waals surface area (Å²) in [6.45, 7) is 10.5. The maximum absolute atomic E-state index is 6.43. The Morgan fingerprint density at radius 2 is 1.56 bits per heavy atom. The number of para-hydroxylation sites is 2. The third-order valence-corrected chi connectivity index (χ3v) is 8.07. The highest BCUT2D eigenvalue weighted by atomic mass is 16.5. The monoisotopic (exact) mass is 587 g/mol. The first kappa shape index (κ1) is 29.3. The summed E-state index contributed by atoms with van der Waals surface area (Å²) in [5.41, 5.74) is 10.5. The van der Waals surface area contributed by atoms with Crippen molar-refractivity contribution in [2.24, 2.45) is 0 Å². The Morgan fingerprint density at radius 3 is 2.30 bits per heavy atom. The van der Waals surface area contributed by atoms with Crippen LogP contribution in [-0.2, 0) is 16.0 Å². The second-order valence-corrected chi connectivity index (χ2v) is 10.9. The van der Waals surface area contributed by atoms with Crippen LogP contribution < -0.4 is 15.2 Å².